The fourth-order valence-electron chi connectivity index (χ4n) is 1.64. The molecule has 1 rings (SSSR count). The normalized spacial score (nSPS) is 11.0. The number of rotatable bonds is 1. The summed E-state index contributed by atoms with van der Waals surface area (Å²) in [6.07, 6.45) is 0. The second-order valence-corrected chi connectivity index (χ2v) is 4.92. The molecule has 0 spiro atoms. The third kappa shape index (κ3) is 1.78. The third-order valence-corrected chi connectivity index (χ3v) is 3.42. The first-order valence-electron chi connectivity index (χ1n) is 4.12. The van der Waals surface area contributed by atoms with Crippen molar-refractivity contribution in [3.05, 3.63) is 28.8 Å². The van der Waals surface area contributed by atoms with Crippen LogP contribution in [0.5, 0.6) is 0 Å². The van der Waals surface area contributed by atoms with E-state index in [9.17, 15) is 8.42 Å². The highest BCUT2D eigenvalue weighted by atomic mass is 32.2. The van der Waals surface area contributed by atoms with Crippen molar-refractivity contribution < 1.29 is 8.42 Å². The summed E-state index contributed by atoms with van der Waals surface area (Å²) in [6.45, 7) is 5.29. The Hall–Kier alpha value is -1.34. The maximum absolute atomic E-state index is 11.4. The van der Waals surface area contributed by atoms with E-state index in [-0.39, 0.29) is 4.90 Å². The van der Waals surface area contributed by atoms with Crippen molar-refractivity contribution in [2.24, 2.45) is 0 Å². The van der Waals surface area contributed by atoms with Crippen molar-refractivity contribution in [1.29, 1.82) is 5.26 Å². The summed E-state index contributed by atoms with van der Waals surface area (Å²) >= 11 is 0. The van der Waals surface area contributed by atoms with Crippen LogP contribution in [0.3, 0.4) is 0 Å². The zero-order chi connectivity index (χ0) is 10.9. The lowest BCUT2D eigenvalue weighted by Gasteiger charge is -2.06. The molecule has 0 saturated carbocycles. The van der Waals surface area contributed by atoms with Gasteiger partial charge in [-0.15, -0.1) is 0 Å². The monoisotopic (exact) mass is 209 g/mol. The van der Waals surface area contributed by atoms with Gasteiger partial charge in [-0.25, -0.2) is 8.42 Å². The summed E-state index contributed by atoms with van der Waals surface area (Å²) in [5, 5.41) is 9.86. The molecule has 1 aromatic rings. The number of thiocyanates is 1. The predicted octanol–water partition coefficient (Wildman–Crippen LogP) is 1.87. The van der Waals surface area contributed by atoms with Gasteiger partial charge in [0.2, 0.25) is 0 Å². The van der Waals surface area contributed by atoms with E-state index >= 15 is 0 Å². The molecule has 0 bridgehead atoms. The van der Waals surface area contributed by atoms with Crippen LogP contribution in [-0.2, 0) is 9.84 Å². The van der Waals surface area contributed by atoms with Gasteiger partial charge in [0.25, 0.3) is 9.84 Å². The Bertz CT molecular complexity index is 486. The minimum Gasteiger partial charge on any atom is -0.208 e. The van der Waals surface area contributed by atoms with Crippen LogP contribution >= 0.6 is 0 Å². The molecule has 0 saturated heterocycles. The minimum atomic E-state index is -3.77. The first-order chi connectivity index (χ1) is 6.38. The van der Waals surface area contributed by atoms with E-state index in [0.29, 0.717) is 11.1 Å². The molecule has 4 heteroatoms. The Morgan fingerprint density at radius 3 is 1.93 bits per heavy atom. The standard InChI is InChI=1S/C10H11NO2S/c1-7-4-8(2)10(9(3)5-7)14(12,13)6-11/h4-5H,1-3H3. The van der Waals surface area contributed by atoms with Crippen LogP contribution in [0.1, 0.15) is 16.7 Å². The van der Waals surface area contributed by atoms with Crippen molar-refractivity contribution in [1.82, 2.24) is 0 Å². The first-order valence-corrected chi connectivity index (χ1v) is 5.60. The van der Waals surface area contributed by atoms with E-state index in [4.69, 9.17) is 5.26 Å². The van der Waals surface area contributed by atoms with Crippen LogP contribution in [0.25, 0.3) is 0 Å². The largest absolute Gasteiger partial charge is 0.270 e. The summed E-state index contributed by atoms with van der Waals surface area (Å²) < 4.78 is 22.8. The number of nitriles is 1. The zero-order valence-corrected chi connectivity index (χ0v) is 9.14. The smallest absolute Gasteiger partial charge is 0.208 e. The number of sulfone groups is 1. The van der Waals surface area contributed by atoms with Gasteiger partial charge in [-0.05, 0) is 31.9 Å². The van der Waals surface area contributed by atoms with E-state index in [2.05, 4.69) is 0 Å². The molecular formula is C10H11NO2S. The highest BCUT2D eigenvalue weighted by Gasteiger charge is 2.18. The molecule has 14 heavy (non-hydrogen) atoms. The zero-order valence-electron chi connectivity index (χ0n) is 8.33. The number of aryl methyl sites for hydroxylation is 3. The van der Waals surface area contributed by atoms with Gasteiger partial charge in [0.1, 0.15) is 0 Å². The number of nitrogens with zero attached hydrogens (tertiary/aromatic N) is 1. The van der Waals surface area contributed by atoms with Crippen molar-refractivity contribution in [3.63, 3.8) is 0 Å². The molecule has 0 N–H and O–H groups in total. The lowest BCUT2D eigenvalue weighted by molar-refractivity contribution is 0.604. The molecule has 0 fully saturated rings. The third-order valence-electron chi connectivity index (χ3n) is 1.99. The fourth-order valence-corrected chi connectivity index (χ4v) is 2.69. The van der Waals surface area contributed by atoms with Gasteiger partial charge >= 0.3 is 0 Å². The van der Waals surface area contributed by atoms with E-state index in [0.717, 1.165) is 5.56 Å². The Morgan fingerprint density at radius 2 is 1.57 bits per heavy atom. The average molecular weight is 209 g/mol. The quantitative estimate of drug-likeness (QED) is 0.524. The summed E-state index contributed by atoms with van der Waals surface area (Å²) in [5.74, 6) is 0. The van der Waals surface area contributed by atoms with Crippen molar-refractivity contribution in [3.8, 4) is 5.40 Å². The lowest BCUT2D eigenvalue weighted by atomic mass is 10.1. The lowest BCUT2D eigenvalue weighted by Crippen LogP contribution is -2.02. The molecule has 74 valence electrons. The highest BCUT2D eigenvalue weighted by Crippen LogP contribution is 2.22. The van der Waals surface area contributed by atoms with Gasteiger partial charge in [-0.1, -0.05) is 17.7 Å². The topological polar surface area (TPSA) is 57.9 Å². The van der Waals surface area contributed by atoms with E-state index in [1.54, 1.807) is 26.0 Å². The number of hydrogen-bond donors (Lipinski definition) is 0. The Morgan fingerprint density at radius 1 is 1.14 bits per heavy atom. The predicted molar refractivity (Wildman–Crippen MR) is 53.5 cm³/mol. The molecule has 0 aliphatic carbocycles. The van der Waals surface area contributed by atoms with Gasteiger partial charge in [0.15, 0.2) is 5.40 Å². The number of benzene rings is 1. The summed E-state index contributed by atoms with van der Waals surface area (Å²) in [7, 11) is -3.77. The molecule has 0 aliphatic heterocycles. The van der Waals surface area contributed by atoms with Crippen molar-refractivity contribution >= 4 is 9.84 Å². The summed E-state index contributed by atoms with van der Waals surface area (Å²) in [5.41, 5.74) is 2.25. The van der Waals surface area contributed by atoms with Crippen LogP contribution in [0.4, 0.5) is 0 Å². The molecule has 0 amide bonds. The molecule has 3 nitrogen and oxygen atoms in total. The van der Waals surface area contributed by atoms with Gasteiger partial charge in [0.05, 0.1) is 4.90 Å². The average Bonchev–Trinajstić information content (AvgIpc) is 2.01. The van der Waals surface area contributed by atoms with Gasteiger partial charge in [0, 0.05) is 0 Å². The maximum Gasteiger partial charge on any atom is 0.270 e. The van der Waals surface area contributed by atoms with Gasteiger partial charge < -0.3 is 0 Å². The van der Waals surface area contributed by atoms with Crippen molar-refractivity contribution in [2.75, 3.05) is 0 Å². The second-order valence-electron chi connectivity index (χ2n) is 3.32. The fraction of sp³-hybridized carbons (Fsp3) is 0.300. The van der Waals surface area contributed by atoms with Crippen LogP contribution < -0.4 is 0 Å². The van der Waals surface area contributed by atoms with E-state index in [1.807, 2.05) is 6.92 Å². The molecule has 0 radical (unpaired) electrons. The Labute approximate surface area is 83.9 Å². The van der Waals surface area contributed by atoms with Crippen LogP contribution in [0.15, 0.2) is 17.0 Å². The van der Waals surface area contributed by atoms with Crippen LogP contribution in [0.2, 0.25) is 0 Å². The Kier molecular flexibility index (Phi) is 2.63. The molecule has 0 aromatic heterocycles. The van der Waals surface area contributed by atoms with Crippen molar-refractivity contribution in [2.45, 2.75) is 25.7 Å². The SMILES string of the molecule is Cc1cc(C)c(S(=O)(=O)C#N)c(C)c1. The molecule has 0 heterocycles. The minimum absolute atomic E-state index is 0.144. The second kappa shape index (κ2) is 3.43. The van der Waals surface area contributed by atoms with Crippen LogP contribution in [-0.4, -0.2) is 8.42 Å². The molecule has 1 aromatic carbocycles. The first kappa shape index (κ1) is 10.7. The summed E-state index contributed by atoms with van der Waals surface area (Å²) in [4.78, 5) is 0.144. The number of hydrogen-bond acceptors (Lipinski definition) is 3. The van der Waals surface area contributed by atoms with Crippen LogP contribution in [0, 0.1) is 31.4 Å². The van der Waals surface area contributed by atoms with E-state index < -0.39 is 9.84 Å². The molecule has 0 aliphatic rings. The molecule has 0 atom stereocenters. The highest BCUT2D eigenvalue weighted by molar-refractivity contribution is 7.96. The molecule has 0 unspecified atom stereocenters. The van der Waals surface area contributed by atoms with Gasteiger partial charge in [-0.3, -0.25) is 0 Å². The van der Waals surface area contributed by atoms with Gasteiger partial charge in [-0.2, -0.15) is 5.26 Å². The van der Waals surface area contributed by atoms with E-state index in [1.165, 1.54) is 5.40 Å². The maximum atomic E-state index is 11.4. The molecular weight excluding hydrogens is 198 g/mol. The summed E-state index contributed by atoms with van der Waals surface area (Å²) in [6, 6.07) is 3.52. The Balaban J connectivity index is 3.62.